The Labute approximate surface area is 143 Å². The first kappa shape index (κ1) is 17.7. The summed E-state index contributed by atoms with van der Waals surface area (Å²) in [4.78, 5) is 25.1. The second kappa shape index (κ2) is 7.30. The fraction of sp³-hybridized carbons (Fsp3) is 0.300. The highest BCUT2D eigenvalue weighted by atomic mass is 16.2. The fourth-order valence-electron chi connectivity index (χ4n) is 2.23. The Hall–Kier alpha value is -2.62. The summed E-state index contributed by atoms with van der Waals surface area (Å²) < 4.78 is 0. The first-order valence-corrected chi connectivity index (χ1v) is 8.04. The molecule has 0 heterocycles. The molecule has 0 fully saturated rings. The third-order valence-corrected chi connectivity index (χ3v) is 4.09. The Balaban J connectivity index is 2.03. The summed E-state index contributed by atoms with van der Waals surface area (Å²) in [6.45, 7) is 7.14. The average molecular weight is 324 g/mol. The predicted molar refractivity (Wildman–Crippen MR) is 96.6 cm³/mol. The zero-order valence-corrected chi connectivity index (χ0v) is 14.6. The lowest BCUT2D eigenvalue weighted by Gasteiger charge is -2.25. The standard InChI is InChI=1S/C20H24N2O2/c1-14-10-12-17(13-11-14)22-19(24)20(3,4)18(23)21-15(2)16-8-6-5-7-9-16/h5-13,15H,1-4H3,(H,21,23)(H,22,24). The van der Waals surface area contributed by atoms with E-state index in [4.69, 9.17) is 0 Å². The Kier molecular flexibility index (Phi) is 5.39. The number of nitrogens with one attached hydrogen (secondary N) is 2. The Morgan fingerprint density at radius 2 is 1.50 bits per heavy atom. The van der Waals surface area contributed by atoms with Crippen molar-refractivity contribution in [3.05, 3.63) is 65.7 Å². The Bertz CT molecular complexity index is 706. The van der Waals surface area contributed by atoms with E-state index in [1.807, 2.05) is 68.4 Å². The Morgan fingerprint density at radius 3 is 2.08 bits per heavy atom. The van der Waals surface area contributed by atoms with Gasteiger partial charge in [0, 0.05) is 5.69 Å². The number of hydrogen-bond donors (Lipinski definition) is 2. The van der Waals surface area contributed by atoms with Gasteiger partial charge >= 0.3 is 0 Å². The van der Waals surface area contributed by atoms with Gasteiger partial charge in [0.15, 0.2) is 0 Å². The van der Waals surface area contributed by atoms with Crippen LogP contribution in [0, 0.1) is 12.3 Å². The molecule has 0 aromatic heterocycles. The van der Waals surface area contributed by atoms with E-state index in [9.17, 15) is 9.59 Å². The summed E-state index contributed by atoms with van der Waals surface area (Å²) in [5, 5.41) is 5.72. The van der Waals surface area contributed by atoms with Crippen molar-refractivity contribution in [1.29, 1.82) is 0 Å². The van der Waals surface area contributed by atoms with Gasteiger partial charge in [-0.15, -0.1) is 0 Å². The molecule has 2 N–H and O–H groups in total. The highest BCUT2D eigenvalue weighted by Gasteiger charge is 2.36. The summed E-state index contributed by atoms with van der Waals surface area (Å²) in [5.41, 5.74) is 1.62. The van der Waals surface area contributed by atoms with Crippen molar-refractivity contribution in [3.63, 3.8) is 0 Å². The van der Waals surface area contributed by atoms with Crippen molar-refractivity contribution in [1.82, 2.24) is 5.32 Å². The third-order valence-electron chi connectivity index (χ3n) is 4.09. The number of hydrogen-bond acceptors (Lipinski definition) is 2. The molecular weight excluding hydrogens is 300 g/mol. The highest BCUT2D eigenvalue weighted by Crippen LogP contribution is 2.21. The number of amides is 2. The van der Waals surface area contributed by atoms with Gasteiger partial charge in [0.2, 0.25) is 11.8 Å². The largest absolute Gasteiger partial charge is 0.349 e. The van der Waals surface area contributed by atoms with Crippen molar-refractivity contribution in [3.8, 4) is 0 Å². The van der Waals surface area contributed by atoms with Crippen LogP contribution in [0.15, 0.2) is 54.6 Å². The van der Waals surface area contributed by atoms with Crippen LogP contribution in [0.4, 0.5) is 5.69 Å². The molecule has 24 heavy (non-hydrogen) atoms. The van der Waals surface area contributed by atoms with E-state index in [-0.39, 0.29) is 17.9 Å². The first-order valence-electron chi connectivity index (χ1n) is 8.04. The topological polar surface area (TPSA) is 58.2 Å². The highest BCUT2D eigenvalue weighted by molar-refractivity contribution is 6.09. The van der Waals surface area contributed by atoms with Crippen LogP contribution in [0.5, 0.6) is 0 Å². The van der Waals surface area contributed by atoms with Crippen LogP contribution in [0.25, 0.3) is 0 Å². The van der Waals surface area contributed by atoms with E-state index in [0.29, 0.717) is 5.69 Å². The second-order valence-corrected chi connectivity index (χ2v) is 6.55. The van der Waals surface area contributed by atoms with Gasteiger partial charge in [-0.25, -0.2) is 0 Å². The molecule has 1 unspecified atom stereocenters. The van der Waals surface area contributed by atoms with Crippen LogP contribution in [0.1, 0.15) is 37.9 Å². The molecule has 2 rings (SSSR count). The SMILES string of the molecule is Cc1ccc(NC(=O)C(C)(C)C(=O)NC(C)c2ccccc2)cc1. The van der Waals surface area contributed by atoms with Crippen LogP contribution < -0.4 is 10.6 Å². The van der Waals surface area contributed by atoms with E-state index in [1.54, 1.807) is 13.8 Å². The molecule has 2 aromatic carbocycles. The van der Waals surface area contributed by atoms with E-state index in [0.717, 1.165) is 11.1 Å². The van der Waals surface area contributed by atoms with Crippen LogP contribution in [0.2, 0.25) is 0 Å². The number of anilines is 1. The molecule has 0 aliphatic rings. The lowest BCUT2D eigenvalue weighted by molar-refractivity contribution is -0.138. The van der Waals surface area contributed by atoms with Crippen LogP contribution >= 0.6 is 0 Å². The van der Waals surface area contributed by atoms with Crippen LogP contribution in [-0.4, -0.2) is 11.8 Å². The molecule has 0 radical (unpaired) electrons. The Morgan fingerprint density at radius 1 is 0.917 bits per heavy atom. The maximum absolute atomic E-state index is 12.6. The second-order valence-electron chi connectivity index (χ2n) is 6.55. The molecule has 0 aliphatic heterocycles. The quantitative estimate of drug-likeness (QED) is 0.821. The average Bonchev–Trinajstić information content (AvgIpc) is 2.57. The number of carbonyl (C=O) groups excluding carboxylic acids is 2. The minimum atomic E-state index is -1.17. The number of benzene rings is 2. The van der Waals surface area contributed by atoms with Crippen molar-refractivity contribution in [2.45, 2.75) is 33.7 Å². The van der Waals surface area contributed by atoms with Gasteiger partial charge in [0.1, 0.15) is 5.41 Å². The third kappa shape index (κ3) is 4.22. The van der Waals surface area contributed by atoms with Gasteiger partial charge in [0.05, 0.1) is 6.04 Å². The van der Waals surface area contributed by atoms with Crippen LogP contribution in [0.3, 0.4) is 0 Å². The summed E-state index contributed by atoms with van der Waals surface area (Å²) in [6.07, 6.45) is 0. The van der Waals surface area contributed by atoms with Gasteiger partial charge in [-0.3, -0.25) is 9.59 Å². The smallest absolute Gasteiger partial charge is 0.239 e. The molecule has 4 nitrogen and oxygen atoms in total. The minimum absolute atomic E-state index is 0.162. The van der Waals surface area contributed by atoms with Gasteiger partial charge in [0.25, 0.3) is 0 Å². The van der Waals surface area contributed by atoms with E-state index >= 15 is 0 Å². The van der Waals surface area contributed by atoms with Gasteiger partial charge < -0.3 is 10.6 Å². The summed E-state index contributed by atoms with van der Waals surface area (Å²) in [6, 6.07) is 17.0. The minimum Gasteiger partial charge on any atom is -0.349 e. The first-order chi connectivity index (χ1) is 11.3. The van der Waals surface area contributed by atoms with Crippen LogP contribution in [-0.2, 0) is 9.59 Å². The van der Waals surface area contributed by atoms with Crippen molar-refractivity contribution < 1.29 is 9.59 Å². The zero-order chi connectivity index (χ0) is 17.7. The zero-order valence-electron chi connectivity index (χ0n) is 14.6. The molecule has 1 atom stereocenters. The molecule has 4 heteroatoms. The fourth-order valence-corrected chi connectivity index (χ4v) is 2.23. The molecule has 2 aromatic rings. The van der Waals surface area contributed by atoms with E-state index < -0.39 is 5.41 Å². The molecule has 0 saturated carbocycles. The summed E-state index contributed by atoms with van der Waals surface area (Å²) in [5.74, 6) is -0.632. The number of carbonyl (C=O) groups is 2. The van der Waals surface area contributed by atoms with Crippen molar-refractivity contribution >= 4 is 17.5 Å². The van der Waals surface area contributed by atoms with E-state index in [1.165, 1.54) is 0 Å². The van der Waals surface area contributed by atoms with Crippen molar-refractivity contribution in [2.24, 2.45) is 5.41 Å². The normalized spacial score (nSPS) is 12.3. The van der Waals surface area contributed by atoms with Gasteiger partial charge in [-0.05, 0) is 45.4 Å². The van der Waals surface area contributed by atoms with Gasteiger partial charge in [-0.1, -0.05) is 48.0 Å². The number of rotatable bonds is 5. The molecule has 0 spiro atoms. The van der Waals surface area contributed by atoms with Crippen molar-refractivity contribution in [2.75, 3.05) is 5.32 Å². The maximum Gasteiger partial charge on any atom is 0.239 e. The van der Waals surface area contributed by atoms with Gasteiger partial charge in [-0.2, -0.15) is 0 Å². The summed E-state index contributed by atoms with van der Waals surface area (Å²) >= 11 is 0. The molecule has 2 amide bonds. The molecule has 0 aliphatic carbocycles. The predicted octanol–water partition coefficient (Wildman–Crippen LogP) is 3.84. The molecule has 0 bridgehead atoms. The van der Waals surface area contributed by atoms with E-state index in [2.05, 4.69) is 10.6 Å². The lowest BCUT2D eigenvalue weighted by atomic mass is 9.90. The molecule has 126 valence electrons. The lowest BCUT2D eigenvalue weighted by Crippen LogP contribution is -2.45. The monoisotopic (exact) mass is 324 g/mol. The number of aryl methyl sites for hydroxylation is 1. The molecular formula is C20H24N2O2. The maximum atomic E-state index is 12.6. The molecule has 0 saturated heterocycles. The summed E-state index contributed by atoms with van der Waals surface area (Å²) in [7, 11) is 0.